The highest BCUT2D eigenvalue weighted by Gasteiger charge is 2.68. The van der Waals surface area contributed by atoms with E-state index >= 15 is 0 Å². The second kappa shape index (κ2) is 8.35. The van der Waals surface area contributed by atoms with E-state index in [1.807, 2.05) is 6.07 Å². The SMILES string of the molecule is Cc1cc(N2C(=O)[C@@H]3[C@@H]4C[C@H](N(C(=O)O[C@H]5C[C@@H](C)CC[C@@H]5C(C)C)C4)[NH+]3C2=O)cnc1C#N. The predicted octanol–water partition coefficient (Wildman–Crippen LogP) is 2.24. The van der Waals surface area contributed by atoms with E-state index in [0.717, 1.165) is 19.3 Å². The number of fused-ring (bicyclic) bond motifs is 5. The van der Waals surface area contributed by atoms with E-state index in [1.54, 1.807) is 17.9 Å². The van der Waals surface area contributed by atoms with E-state index in [9.17, 15) is 14.4 Å². The van der Waals surface area contributed by atoms with Gasteiger partial charge >= 0.3 is 12.1 Å². The Morgan fingerprint density at radius 1 is 1.29 bits per heavy atom. The van der Waals surface area contributed by atoms with Gasteiger partial charge in [0, 0.05) is 18.9 Å². The summed E-state index contributed by atoms with van der Waals surface area (Å²) in [6, 6.07) is 2.79. The number of hydrogen-bond donors (Lipinski definition) is 1. The van der Waals surface area contributed by atoms with Crippen LogP contribution in [0.4, 0.5) is 15.3 Å². The first-order valence-corrected chi connectivity index (χ1v) is 12.3. The molecule has 7 atom stereocenters. The van der Waals surface area contributed by atoms with Crippen LogP contribution in [0.2, 0.25) is 0 Å². The Balaban J connectivity index is 1.34. The number of carbonyl (C=O) groups excluding carboxylic acids is 3. The van der Waals surface area contributed by atoms with Gasteiger partial charge in [0.1, 0.15) is 17.9 Å². The highest BCUT2D eigenvalue weighted by atomic mass is 16.6. The average Bonchev–Trinajstić information content (AvgIpc) is 3.45. The number of urea groups is 1. The van der Waals surface area contributed by atoms with Crippen molar-refractivity contribution >= 4 is 23.7 Å². The van der Waals surface area contributed by atoms with Crippen LogP contribution < -0.4 is 9.80 Å². The molecule has 4 aliphatic rings. The van der Waals surface area contributed by atoms with Gasteiger partial charge < -0.3 is 4.74 Å². The van der Waals surface area contributed by atoms with Crippen molar-refractivity contribution in [1.82, 2.24) is 9.88 Å². The summed E-state index contributed by atoms with van der Waals surface area (Å²) in [6.45, 7) is 8.72. The minimum atomic E-state index is -0.490. The second-order valence-electron chi connectivity index (χ2n) is 10.8. The third kappa shape index (κ3) is 3.47. The zero-order valence-electron chi connectivity index (χ0n) is 20.2. The van der Waals surface area contributed by atoms with Gasteiger partial charge in [-0.1, -0.05) is 27.2 Å². The molecule has 1 unspecified atom stereocenters. The van der Waals surface area contributed by atoms with Crippen LogP contribution >= 0.6 is 0 Å². The fraction of sp³-hybridized carbons (Fsp3) is 0.640. The Hall–Kier alpha value is -2.99. The number of imide groups is 1. The average molecular weight is 467 g/mol. The number of aromatic nitrogens is 1. The lowest BCUT2D eigenvalue weighted by Crippen LogP contribution is -3.20. The molecule has 1 aromatic heterocycles. The fourth-order valence-corrected chi connectivity index (χ4v) is 6.54. The molecule has 0 radical (unpaired) electrons. The molecular formula is C25H32N5O4+. The molecule has 0 aromatic carbocycles. The van der Waals surface area contributed by atoms with E-state index in [-0.39, 0.29) is 35.7 Å². The van der Waals surface area contributed by atoms with Crippen molar-refractivity contribution in [2.24, 2.45) is 23.7 Å². The number of aryl methyl sites for hydroxylation is 1. The van der Waals surface area contributed by atoms with Crippen molar-refractivity contribution in [3.8, 4) is 6.07 Å². The van der Waals surface area contributed by atoms with Gasteiger partial charge in [0.2, 0.25) is 0 Å². The lowest BCUT2D eigenvalue weighted by molar-refractivity contribution is -0.856. The van der Waals surface area contributed by atoms with Gasteiger partial charge in [-0.2, -0.15) is 10.2 Å². The maximum absolute atomic E-state index is 13.4. The van der Waals surface area contributed by atoms with Gasteiger partial charge in [-0.15, -0.1) is 0 Å². The minimum absolute atomic E-state index is 0.0763. The lowest BCUT2D eigenvalue weighted by Gasteiger charge is -2.38. The van der Waals surface area contributed by atoms with Gasteiger partial charge in [-0.05, 0) is 49.1 Å². The first-order valence-electron chi connectivity index (χ1n) is 12.3. The number of likely N-dealkylation sites (tertiary alicyclic amines) is 1. The van der Waals surface area contributed by atoms with Crippen molar-refractivity contribution in [1.29, 1.82) is 5.26 Å². The summed E-state index contributed by atoms with van der Waals surface area (Å²) in [6.07, 6.45) is 4.23. The molecule has 4 amide bonds. The monoisotopic (exact) mass is 466 g/mol. The Morgan fingerprint density at radius 2 is 2.06 bits per heavy atom. The number of rotatable bonds is 3. The van der Waals surface area contributed by atoms with Gasteiger partial charge in [0.25, 0.3) is 5.91 Å². The summed E-state index contributed by atoms with van der Waals surface area (Å²) in [5, 5.41) is 9.13. The van der Waals surface area contributed by atoms with E-state index in [2.05, 4.69) is 25.8 Å². The number of anilines is 1. The van der Waals surface area contributed by atoms with Crippen LogP contribution in [0.25, 0.3) is 0 Å². The topological polar surface area (TPSA) is 108 Å². The second-order valence-corrected chi connectivity index (χ2v) is 10.8. The third-order valence-electron chi connectivity index (χ3n) is 8.31. The Bertz CT molecular complexity index is 1080. The van der Waals surface area contributed by atoms with Crippen LogP contribution in [0.5, 0.6) is 0 Å². The largest absolute Gasteiger partial charge is 0.446 e. The highest BCUT2D eigenvalue weighted by Crippen LogP contribution is 2.38. The van der Waals surface area contributed by atoms with Crippen LogP contribution in [-0.2, 0) is 9.53 Å². The molecule has 2 bridgehead atoms. The van der Waals surface area contributed by atoms with Crippen LogP contribution in [0.3, 0.4) is 0 Å². The molecule has 0 spiro atoms. The molecule has 4 fully saturated rings. The number of hydrogen-bond acceptors (Lipinski definition) is 6. The van der Waals surface area contributed by atoms with Crippen molar-refractivity contribution in [2.75, 3.05) is 11.4 Å². The number of pyridine rings is 1. The molecule has 34 heavy (non-hydrogen) atoms. The third-order valence-corrected chi connectivity index (χ3v) is 8.31. The van der Waals surface area contributed by atoms with E-state index in [0.29, 0.717) is 46.9 Å². The number of nitriles is 1. The van der Waals surface area contributed by atoms with Gasteiger partial charge in [0.05, 0.1) is 11.9 Å². The number of ether oxygens (including phenoxy) is 1. The van der Waals surface area contributed by atoms with Crippen LogP contribution in [0.1, 0.15) is 57.7 Å². The summed E-state index contributed by atoms with van der Waals surface area (Å²) in [5.41, 5.74) is 1.25. The van der Waals surface area contributed by atoms with Crippen molar-refractivity contribution in [3.63, 3.8) is 0 Å². The number of nitrogens with zero attached hydrogens (tertiary/aromatic N) is 4. The van der Waals surface area contributed by atoms with Gasteiger partial charge in [-0.3, -0.25) is 9.69 Å². The van der Waals surface area contributed by atoms with E-state index in [4.69, 9.17) is 10.00 Å². The van der Waals surface area contributed by atoms with Crippen molar-refractivity contribution in [2.45, 2.75) is 71.7 Å². The fourth-order valence-electron chi connectivity index (χ4n) is 6.54. The quantitative estimate of drug-likeness (QED) is 0.685. The Labute approximate surface area is 199 Å². The summed E-state index contributed by atoms with van der Waals surface area (Å²) in [7, 11) is 0. The van der Waals surface area contributed by atoms with Crippen molar-refractivity contribution < 1.29 is 24.0 Å². The highest BCUT2D eigenvalue weighted by molar-refractivity contribution is 6.17. The van der Waals surface area contributed by atoms with E-state index < -0.39 is 12.2 Å². The Morgan fingerprint density at radius 3 is 2.74 bits per heavy atom. The maximum Gasteiger partial charge on any atom is 0.431 e. The number of nitrogens with one attached hydrogen (secondary N) is 1. The molecular weight excluding hydrogens is 434 g/mol. The van der Waals surface area contributed by atoms with E-state index in [1.165, 1.54) is 11.1 Å². The van der Waals surface area contributed by atoms with Crippen molar-refractivity contribution in [3.05, 3.63) is 23.5 Å². The predicted molar refractivity (Wildman–Crippen MR) is 122 cm³/mol. The zero-order chi connectivity index (χ0) is 24.3. The first-order chi connectivity index (χ1) is 16.2. The molecule has 1 aliphatic carbocycles. The first kappa shape index (κ1) is 22.8. The van der Waals surface area contributed by atoms with Crippen LogP contribution in [-0.4, -0.2) is 52.8 Å². The van der Waals surface area contributed by atoms with Gasteiger partial charge in [-0.25, -0.2) is 19.5 Å². The molecule has 3 saturated heterocycles. The van der Waals surface area contributed by atoms with Gasteiger partial charge in [0.15, 0.2) is 12.2 Å². The molecule has 1 N–H and O–H groups in total. The zero-order valence-corrected chi connectivity index (χ0v) is 20.2. The smallest absolute Gasteiger partial charge is 0.431 e. The summed E-state index contributed by atoms with van der Waals surface area (Å²) >= 11 is 0. The van der Waals surface area contributed by atoms with Crippen LogP contribution in [0, 0.1) is 41.9 Å². The number of amides is 4. The number of quaternary nitrogens is 1. The molecule has 9 heteroatoms. The molecule has 4 heterocycles. The molecule has 1 aromatic rings. The molecule has 180 valence electrons. The summed E-state index contributed by atoms with van der Waals surface area (Å²) in [5.74, 6) is 0.970. The molecule has 9 nitrogen and oxygen atoms in total. The summed E-state index contributed by atoms with van der Waals surface area (Å²) < 4.78 is 6.06. The number of carbonyl (C=O) groups is 3. The molecule has 3 aliphatic heterocycles. The lowest BCUT2D eigenvalue weighted by atomic mass is 9.75. The maximum atomic E-state index is 13.4. The normalized spacial score (nSPS) is 34.5. The van der Waals surface area contributed by atoms with Crippen LogP contribution in [0.15, 0.2) is 12.3 Å². The molecule has 5 rings (SSSR count). The standard InChI is InChI=1S/C25H31N5O4/c1-13(2)18-6-5-14(3)7-20(18)34-25(33)28-12-16-9-21(28)30-22(16)23(31)29(24(30)32)17-8-15(4)19(10-26)27-11-17/h8,11,13-14,16,18,20-22H,5-7,9,12H2,1-4H3/p+1/t14-,16+,18+,20-,21+,22-/m0/s1. The summed E-state index contributed by atoms with van der Waals surface area (Å²) in [4.78, 5) is 47.3. The minimum Gasteiger partial charge on any atom is -0.446 e. The molecule has 1 saturated carbocycles. The Kier molecular flexibility index (Phi) is 5.59.